The van der Waals surface area contributed by atoms with Crippen LogP contribution in [0.3, 0.4) is 0 Å². The van der Waals surface area contributed by atoms with Gasteiger partial charge in [-0.05, 0) is 23.6 Å². The highest BCUT2D eigenvalue weighted by atomic mass is 32.2. The minimum absolute atomic E-state index is 0.0553. The summed E-state index contributed by atoms with van der Waals surface area (Å²) in [5.41, 5.74) is 0. The van der Waals surface area contributed by atoms with Crippen LogP contribution in [0.25, 0.3) is 10.1 Å². The van der Waals surface area contributed by atoms with E-state index in [2.05, 4.69) is 5.32 Å². The molecule has 0 spiro atoms. The highest BCUT2D eigenvalue weighted by Gasteiger charge is 2.11. The van der Waals surface area contributed by atoms with Crippen LogP contribution in [0.2, 0.25) is 0 Å². The molecule has 1 aromatic heterocycles. The Morgan fingerprint density at radius 3 is 2.79 bits per heavy atom. The second kappa shape index (κ2) is 5.24. The van der Waals surface area contributed by atoms with Gasteiger partial charge in [0.15, 0.2) is 0 Å². The van der Waals surface area contributed by atoms with Crippen LogP contribution < -0.4 is 10.5 Å². The fourth-order valence-corrected chi connectivity index (χ4v) is 2.90. The number of hydrogen-bond donors (Lipinski definition) is 2. The number of sulfonamides is 1. The number of carbonyl (C=O) groups is 1. The quantitative estimate of drug-likeness (QED) is 0.885. The van der Waals surface area contributed by atoms with E-state index in [9.17, 15) is 17.6 Å². The first-order chi connectivity index (χ1) is 8.85. The third-order valence-corrected chi connectivity index (χ3v) is 4.25. The number of nitrogens with two attached hydrogens (primary N) is 1. The molecule has 2 rings (SSSR count). The summed E-state index contributed by atoms with van der Waals surface area (Å²) in [4.78, 5) is 12.2. The number of carbonyl (C=O) groups excluding carboxylic acids is 1. The fourth-order valence-electron chi connectivity index (χ4n) is 1.51. The fraction of sp³-hybridized carbons (Fsp3) is 0.182. The SMILES string of the molecule is NS(=O)(=O)CCNC(=O)c1cc2ccc(F)cc2s1. The molecule has 0 aliphatic rings. The topological polar surface area (TPSA) is 89.3 Å². The summed E-state index contributed by atoms with van der Waals surface area (Å²) in [5, 5.41) is 8.04. The zero-order valence-electron chi connectivity index (χ0n) is 9.72. The normalized spacial score (nSPS) is 11.7. The molecule has 0 bridgehead atoms. The van der Waals surface area contributed by atoms with E-state index in [1.54, 1.807) is 12.1 Å². The van der Waals surface area contributed by atoms with Gasteiger partial charge in [0.1, 0.15) is 5.82 Å². The Labute approximate surface area is 113 Å². The number of hydrogen-bond acceptors (Lipinski definition) is 4. The Morgan fingerprint density at radius 2 is 2.11 bits per heavy atom. The first-order valence-corrected chi connectivity index (χ1v) is 7.86. The number of primary sulfonamides is 1. The van der Waals surface area contributed by atoms with Crippen LogP contribution >= 0.6 is 11.3 Å². The van der Waals surface area contributed by atoms with Crippen LogP contribution in [0.1, 0.15) is 9.67 Å². The minimum Gasteiger partial charge on any atom is -0.350 e. The third kappa shape index (κ3) is 3.72. The molecule has 8 heteroatoms. The van der Waals surface area contributed by atoms with E-state index < -0.39 is 15.9 Å². The van der Waals surface area contributed by atoms with E-state index in [0.29, 0.717) is 9.58 Å². The molecule has 0 aliphatic heterocycles. The second-order valence-electron chi connectivity index (χ2n) is 3.92. The van der Waals surface area contributed by atoms with Crippen molar-refractivity contribution in [2.75, 3.05) is 12.3 Å². The van der Waals surface area contributed by atoms with Crippen LogP contribution in [0.15, 0.2) is 24.3 Å². The Kier molecular flexibility index (Phi) is 3.83. The minimum atomic E-state index is -3.59. The summed E-state index contributed by atoms with van der Waals surface area (Å²) >= 11 is 1.14. The van der Waals surface area contributed by atoms with Crippen molar-refractivity contribution in [3.05, 3.63) is 35.0 Å². The highest BCUT2D eigenvalue weighted by Crippen LogP contribution is 2.26. The predicted octanol–water partition coefficient (Wildman–Crippen LogP) is 1.06. The van der Waals surface area contributed by atoms with Gasteiger partial charge in [0.05, 0.1) is 10.6 Å². The number of benzene rings is 1. The van der Waals surface area contributed by atoms with Crippen LogP contribution in [0.5, 0.6) is 0 Å². The molecule has 19 heavy (non-hydrogen) atoms. The molecule has 102 valence electrons. The van der Waals surface area contributed by atoms with E-state index in [0.717, 1.165) is 16.7 Å². The summed E-state index contributed by atoms with van der Waals surface area (Å²) in [7, 11) is -3.59. The number of halogens is 1. The van der Waals surface area contributed by atoms with Gasteiger partial charge in [0.25, 0.3) is 5.91 Å². The Hall–Kier alpha value is -1.51. The number of thiophene rings is 1. The molecule has 0 aliphatic carbocycles. The van der Waals surface area contributed by atoms with Gasteiger partial charge in [0, 0.05) is 11.2 Å². The number of amides is 1. The molecule has 1 heterocycles. The monoisotopic (exact) mass is 302 g/mol. The highest BCUT2D eigenvalue weighted by molar-refractivity contribution is 7.89. The van der Waals surface area contributed by atoms with Gasteiger partial charge in [-0.2, -0.15) is 0 Å². The van der Waals surface area contributed by atoms with E-state index in [1.165, 1.54) is 12.1 Å². The van der Waals surface area contributed by atoms with E-state index in [1.807, 2.05) is 0 Å². The smallest absolute Gasteiger partial charge is 0.261 e. The average molecular weight is 302 g/mol. The van der Waals surface area contributed by atoms with Gasteiger partial charge in [-0.25, -0.2) is 17.9 Å². The maximum Gasteiger partial charge on any atom is 0.261 e. The number of rotatable bonds is 4. The Balaban J connectivity index is 2.09. The standard InChI is InChI=1S/C11H11FN2O3S2/c12-8-2-1-7-5-10(18-9(7)6-8)11(15)14-3-4-19(13,16)17/h1-2,5-6H,3-4H2,(H,14,15)(H2,13,16,17). The zero-order chi connectivity index (χ0) is 14.0. The van der Waals surface area contributed by atoms with Gasteiger partial charge >= 0.3 is 0 Å². The molecule has 0 radical (unpaired) electrons. The molecule has 1 amide bonds. The number of nitrogens with one attached hydrogen (secondary N) is 1. The zero-order valence-corrected chi connectivity index (χ0v) is 11.4. The van der Waals surface area contributed by atoms with Crippen LogP contribution in [0.4, 0.5) is 4.39 Å². The van der Waals surface area contributed by atoms with Crippen LogP contribution in [-0.4, -0.2) is 26.6 Å². The van der Waals surface area contributed by atoms with E-state index in [-0.39, 0.29) is 18.1 Å². The van der Waals surface area contributed by atoms with E-state index >= 15 is 0 Å². The lowest BCUT2D eigenvalue weighted by Gasteiger charge is -2.01. The van der Waals surface area contributed by atoms with Crippen molar-refractivity contribution < 1.29 is 17.6 Å². The maximum absolute atomic E-state index is 13.0. The summed E-state index contributed by atoms with van der Waals surface area (Å²) < 4.78 is 35.1. The first-order valence-electron chi connectivity index (χ1n) is 5.33. The van der Waals surface area contributed by atoms with Gasteiger partial charge in [-0.15, -0.1) is 11.3 Å². The summed E-state index contributed by atoms with van der Waals surface area (Å²) in [5.74, 6) is -1.08. The van der Waals surface area contributed by atoms with Crippen molar-refractivity contribution >= 4 is 37.4 Å². The molecule has 0 atom stereocenters. The van der Waals surface area contributed by atoms with Gasteiger partial charge in [-0.3, -0.25) is 4.79 Å². The van der Waals surface area contributed by atoms with Crippen LogP contribution in [0, 0.1) is 5.82 Å². The molecule has 5 nitrogen and oxygen atoms in total. The maximum atomic E-state index is 13.0. The third-order valence-electron chi connectivity index (χ3n) is 2.38. The predicted molar refractivity (Wildman–Crippen MR) is 72.1 cm³/mol. The second-order valence-corrected chi connectivity index (χ2v) is 6.73. The molecule has 0 saturated heterocycles. The Morgan fingerprint density at radius 1 is 1.37 bits per heavy atom. The lowest BCUT2D eigenvalue weighted by atomic mass is 10.2. The van der Waals surface area contributed by atoms with Crippen molar-refractivity contribution in [2.24, 2.45) is 5.14 Å². The van der Waals surface area contributed by atoms with Crippen LogP contribution in [-0.2, 0) is 10.0 Å². The summed E-state index contributed by atoms with van der Waals surface area (Å²) in [6.45, 7) is -0.0553. The molecular formula is C11H11FN2O3S2. The summed E-state index contributed by atoms with van der Waals surface area (Å²) in [6.07, 6.45) is 0. The molecule has 1 aromatic carbocycles. The van der Waals surface area contributed by atoms with Crippen molar-refractivity contribution in [3.63, 3.8) is 0 Å². The molecule has 0 unspecified atom stereocenters. The molecule has 0 saturated carbocycles. The average Bonchev–Trinajstić information content (AvgIpc) is 2.70. The Bertz CT molecular complexity index is 725. The van der Waals surface area contributed by atoms with Gasteiger partial charge in [-0.1, -0.05) is 6.07 Å². The first kappa shape index (κ1) is 13.9. The lowest BCUT2D eigenvalue weighted by molar-refractivity contribution is 0.0960. The largest absolute Gasteiger partial charge is 0.350 e. The lowest BCUT2D eigenvalue weighted by Crippen LogP contribution is -2.31. The van der Waals surface area contributed by atoms with Gasteiger partial charge in [0.2, 0.25) is 10.0 Å². The molecular weight excluding hydrogens is 291 g/mol. The molecule has 0 fully saturated rings. The van der Waals surface area contributed by atoms with Crippen molar-refractivity contribution in [3.8, 4) is 0 Å². The molecule has 3 N–H and O–H groups in total. The van der Waals surface area contributed by atoms with E-state index in [4.69, 9.17) is 5.14 Å². The molecule has 2 aromatic rings. The van der Waals surface area contributed by atoms with Crippen molar-refractivity contribution in [2.45, 2.75) is 0 Å². The van der Waals surface area contributed by atoms with Crippen molar-refractivity contribution in [1.82, 2.24) is 5.32 Å². The summed E-state index contributed by atoms with van der Waals surface area (Å²) in [6, 6.07) is 5.88. The number of fused-ring (bicyclic) bond motifs is 1. The van der Waals surface area contributed by atoms with Gasteiger partial charge < -0.3 is 5.32 Å². The van der Waals surface area contributed by atoms with Crippen molar-refractivity contribution in [1.29, 1.82) is 0 Å².